The van der Waals surface area contributed by atoms with E-state index in [4.69, 9.17) is 0 Å². The molecule has 0 saturated carbocycles. The zero-order valence-corrected chi connectivity index (χ0v) is 13.1. The Hall–Kier alpha value is -1.87. The molecule has 1 unspecified atom stereocenters. The minimum atomic E-state index is 0.598. The first-order chi connectivity index (χ1) is 10.3. The smallest absolute Gasteiger partial charge is 0.134 e. The Bertz CT molecular complexity index is 808. The van der Waals surface area contributed by atoms with Crippen LogP contribution in [0, 0.1) is 0 Å². The highest BCUT2D eigenvalue weighted by molar-refractivity contribution is 9.10. The van der Waals surface area contributed by atoms with Crippen LogP contribution in [-0.4, -0.2) is 11.5 Å². The number of nitrogens with one attached hydrogen (secondary N) is 1. The summed E-state index contributed by atoms with van der Waals surface area (Å²) in [4.78, 5) is 4.51. The molecule has 0 radical (unpaired) electrons. The van der Waals surface area contributed by atoms with E-state index >= 15 is 0 Å². The van der Waals surface area contributed by atoms with Crippen LogP contribution in [0.1, 0.15) is 17.0 Å². The second kappa shape index (κ2) is 5.15. The number of rotatable bonds is 3. The van der Waals surface area contributed by atoms with Crippen molar-refractivity contribution in [1.82, 2.24) is 4.98 Å². The summed E-state index contributed by atoms with van der Waals surface area (Å²) in [5.74, 6) is 1.56. The lowest BCUT2D eigenvalue weighted by Crippen LogP contribution is -2.24. The van der Waals surface area contributed by atoms with Crippen LogP contribution in [0.3, 0.4) is 0 Å². The van der Waals surface area contributed by atoms with E-state index in [0.29, 0.717) is 5.92 Å². The van der Waals surface area contributed by atoms with Crippen molar-refractivity contribution in [3.8, 4) is 0 Å². The Kier molecular flexibility index (Phi) is 3.15. The quantitative estimate of drug-likeness (QED) is 0.745. The lowest BCUT2D eigenvalue weighted by molar-refractivity contribution is 0.635. The predicted octanol–water partition coefficient (Wildman–Crippen LogP) is 4.75. The van der Waals surface area contributed by atoms with E-state index in [1.54, 1.807) is 0 Å². The molecule has 4 rings (SSSR count). The van der Waals surface area contributed by atoms with Crippen LogP contribution in [-0.2, 0) is 6.42 Å². The van der Waals surface area contributed by atoms with Crippen LogP contribution in [0.5, 0.6) is 0 Å². The van der Waals surface area contributed by atoms with E-state index in [1.165, 1.54) is 16.5 Å². The first kappa shape index (κ1) is 12.8. The average molecular weight is 339 g/mol. The highest BCUT2D eigenvalue weighted by atomic mass is 79.9. The largest absolute Gasteiger partial charge is 0.369 e. The fourth-order valence-electron chi connectivity index (χ4n) is 3.08. The van der Waals surface area contributed by atoms with Gasteiger partial charge in [0.15, 0.2) is 0 Å². The summed E-state index contributed by atoms with van der Waals surface area (Å²) in [5, 5.41) is 5.89. The normalized spacial score (nSPS) is 16.3. The molecule has 0 aliphatic heterocycles. The lowest BCUT2D eigenvalue weighted by atomic mass is 9.77. The zero-order valence-electron chi connectivity index (χ0n) is 11.5. The van der Waals surface area contributed by atoms with Crippen molar-refractivity contribution >= 4 is 32.5 Å². The predicted molar refractivity (Wildman–Crippen MR) is 90.8 cm³/mol. The second-order valence-electron chi connectivity index (χ2n) is 5.48. The molecule has 0 saturated heterocycles. The van der Waals surface area contributed by atoms with E-state index < -0.39 is 0 Å². The second-order valence-corrected chi connectivity index (χ2v) is 6.33. The summed E-state index contributed by atoms with van der Waals surface area (Å²) >= 11 is 3.63. The van der Waals surface area contributed by atoms with Crippen LogP contribution in [0.2, 0.25) is 0 Å². The number of hydrogen-bond donors (Lipinski definition) is 1. The van der Waals surface area contributed by atoms with Crippen LogP contribution < -0.4 is 5.32 Å². The minimum Gasteiger partial charge on any atom is -0.369 e. The van der Waals surface area contributed by atoms with Crippen LogP contribution in [0.25, 0.3) is 10.8 Å². The van der Waals surface area contributed by atoms with Gasteiger partial charge in [-0.05, 0) is 35.1 Å². The molecule has 1 aromatic heterocycles. The van der Waals surface area contributed by atoms with E-state index in [1.807, 2.05) is 12.3 Å². The van der Waals surface area contributed by atoms with E-state index in [-0.39, 0.29) is 0 Å². The van der Waals surface area contributed by atoms with Gasteiger partial charge in [-0.15, -0.1) is 0 Å². The minimum absolute atomic E-state index is 0.598. The standard InChI is InChI=1S/C18H15BrN2/c19-16-7-3-5-12-8-9-20-18(17(12)16)21-11-14-10-13-4-1-2-6-15(13)14/h1-9,14H,10-11H2,(H,20,21). The number of fused-ring (bicyclic) bond motifs is 2. The molecule has 0 fully saturated rings. The number of benzene rings is 2. The maximum Gasteiger partial charge on any atom is 0.134 e. The van der Waals surface area contributed by atoms with Crippen LogP contribution in [0.4, 0.5) is 5.82 Å². The fraction of sp³-hybridized carbons (Fsp3) is 0.167. The summed E-state index contributed by atoms with van der Waals surface area (Å²) in [5.41, 5.74) is 2.96. The van der Waals surface area contributed by atoms with Gasteiger partial charge >= 0.3 is 0 Å². The van der Waals surface area contributed by atoms with E-state index in [9.17, 15) is 0 Å². The van der Waals surface area contributed by atoms with Crippen molar-refractivity contribution in [2.24, 2.45) is 0 Å². The van der Waals surface area contributed by atoms with E-state index in [2.05, 4.69) is 68.7 Å². The van der Waals surface area contributed by atoms with Gasteiger partial charge in [0.05, 0.1) is 0 Å². The Labute approximate surface area is 132 Å². The molecule has 2 aromatic carbocycles. The molecule has 21 heavy (non-hydrogen) atoms. The third-order valence-electron chi connectivity index (χ3n) is 4.22. The van der Waals surface area contributed by atoms with Gasteiger partial charge in [-0.1, -0.05) is 52.3 Å². The summed E-state index contributed by atoms with van der Waals surface area (Å²) < 4.78 is 1.09. The number of pyridine rings is 1. The maximum absolute atomic E-state index is 4.51. The van der Waals surface area contributed by atoms with Crippen LogP contribution >= 0.6 is 15.9 Å². The van der Waals surface area contributed by atoms with Crippen molar-refractivity contribution in [1.29, 1.82) is 0 Å². The van der Waals surface area contributed by atoms with Gasteiger partial charge in [0.2, 0.25) is 0 Å². The highest BCUT2D eigenvalue weighted by Crippen LogP contribution is 2.35. The van der Waals surface area contributed by atoms with Crippen molar-refractivity contribution < 1.29 is 0 Å². The molecular formula is C18H15BrN2. The first-order valence-electron chi connectivity index (χ1n) is 7.18. The number of halogens is 1. The summed E-state index contributed by atoms with van der Waals surface area (Å²) in [6, 6.07) is 17.0. The molecule has 0 bridgehead atoms. The van der Waals surface area contributed by atoms with Gasteiger partial charge in [0.25, 0.3) is 0 Å². The summed E-state index contributed by atoms with van der Waals surface area (Å²) in [6.07, 6.45) is 3.03. The molecule has 1 aliphatic rings. The molecule has 3 aromatic rings. The third kappa shape index (κ3) is 2.22. The fourth-order valence-corrected chi connectivity index (χ4v) is 3.65. The molecule has 1 atom stereocenters. The van der Waals surface area contributed by atoms with Gasteiger partial charge < -0.3 is 5.32 Å². The number of aromatic nitrogens is 1. The Morgan fingerprint density at radius 1 is 1.10 bits per heavy atom. The maximum atomic E-state index is 4.51. The van der Waals surface area contributed by atoms with Gasteiger partial charge in [-0.3, -0.25) is 0 Å². The molecule has 1 heterocycles. The molecule has 0 amide bonds. The van der Waals surface area contributed by atoms with Crippen molar-refractivity contribution in [2.45, 2.75) is 12.3 Å². The molecule has 1 aliphatic carbocycles. The van der Waals surface area contributed by atoms with Crippen molar-refractivity contribution in [2.75, 3.05) is 11.9 Å². The average Bonchev–Trinajstić information content (AvgIpc) is 2.48. The van der Waals surface area contributed by atoms with Gasteiger partial charge in [-0.2, -0.15) is 0 Å². The Morgan fingerprint density at radius 2 is 2.00 bits per heavy atom. The molecule has 2 nitrogen and oxygen atoms in total. The number of anilines is 1. The molecule has 3 heteroatoms. The zero-order chi connectivity index (χ0) is 14.2. The highest BCUT2D eigenvalue weighted by Gasteiger charge is 2.25. The lowest BCUT2D eigenvalue weighted by Gasteiger charge is -2.30. The monoisotopic (exact) mass is 338 g/mol. The van der Waals surface area contributed by atoms with Crippen molar-refractivity contribution in [3.63, 3.8) is 0 Å². The van der Waals surface area contributed by atoms with Gasteiger partial charge in [-0.25, -0.2) is 4.98 Å². The molecule has 0 spiro atoms. The van der Waals surface area contributed by atoms with Gasteiger partial charge in [0, 0.05) is 28.5 Å². The Morgan fingerprint density at radius 3 is 2.90 bits per heavy atom. The molecular weight excluding hydrogens is 324 g/mol. The molecule has 1 N–H and O–H groups in total. The van der Waals surface area contributed by atoms with Crippen molar-refractivity contribution in [3.05, 3.63) is 70.3 Å². The SMILES string of the molecule is Brc1cccc2ccnc(NCC3Cc4ccccc43)c12. The third-order valence-corrected chi connectivity index (χ3v) is 4.88. The van der Waals surface area contributed by atoms with Gasteiger partial charge in [0.1, 0.15) is 5.82 Å². The topological polar surface area (TPSA) is 24.9 Å². The molecule has 104 valence electrons. The Balaban J connectivity index is 1.59. The summed E-state index contributed by atoms with van der Waals surface area (Å²) in [6.45, 7) is 0.935. The van der Waals surface area contributed by atoms with Crippen LogP contribution in [0.15, 0.2) is 59.2 Å². The summed E-state index contributed by atoms with van der Waals surface area (Å²) in [7, 11) is 0. The number of hydrogen-bond acceptors (Lipinski definition) is 2. The first-order valence-corrected chi connectivity index (χ1v) is 7.97. The number of nitrogens with zero attached hydrogens (tertiary/aromatic N) is 1. The van der Waals surface area contributed by atoms with E-state index in [0.717, 1.165) is 28.6 Å².